The summed E-state index contributed by atoms with van der Waals surface area (Å²) in [5.74, 6) is -0.399. The number of carbonyl (C=O) groups excluding carboxylic acids is 3. The Kier molecular flexibility index (Phi) is 5.48. The molecule has 3 aliphatic heterocycles. The van der Waals surface area contributed by atoms with Crippen molar-refractivity contribution in [3.8, 4) is 5.69 Å². The highest BCUT2D eigenvalue weighted by molar-refractivity contribution is 6.05. The fourth-order valence-electron chi connectivity index (χ4n) is 4.72. The molecule has 2 unspecified atom stereocenters. The molecule has 2 fully saturated rings. The first kappa shape index (κ1) is 20.8. The summed E-state index contributed by atoms with van der Waals surface area (Å²) in [7, 11) is 0. The molecule has 2 aromatic rings. The Labute approximate surface area is 185 Å². The van der Waals surface area contributed by atoms with Gasteiger partial charge in [-0.05, 0) is 49.3 Å². The van der Waals surface area contributed by atoms with Crippen LogP contribution in [0.3, 0.4) is 0 Å². The molecule has 0 spiro atoms. The third-order valence-electron chi connectivity index (χ3n) is 6.60. The lowest BCUT2D eigenvalue weighted by Crippen LogP contribution is -2.52. The van der Waals surface area contributed by atoms with E-state index in [1.807, 2.05) is 18.3 Å². The van der Waals surface area contributed by atoms with Crippen molar-refractivity contribution >= 4 is 17.7 Å². The Morgan fingerprint density at radius 3 is 2.78 bits per heavy atom. The molecule has 1 aromatic heterocycles. The van der Waals surface area contributed by atoms with Crippen LogP contribution in [0.1, 0.15) is 59.8 Å². The van der Waals surface area contributed by atoms with Gasteiger partial charge in [-0.25, -0.2) is 4.68 Å². The van der Waals surface area contributed by atoms with E-state index in [0.717, 1.165) is 38.0 Å². The Balaban J connectivity index is 1.30. The lowest BCUT2D eigenvalue weighted by Gasteiger charge is -2.29. The zero-order valence-electron chi connectivity index (χ0n) is 17.7. The second-order valence-electron chi connectivity index (χ2n) is 8.73. The van der Waals surface area contributed by atoms with Crippen molar-refractivity contribution in [1.29, 1.82) is 0 Å². The van der Waals surface area contributed by atoms with Crippen LogP contribution in [0.15, 0.2) is 24.4 Å². The Hall–Kier alpha value is -3.11. The molecule has 32 heavy (non-hydrogen) atoms. The van der Waals surface area contributed by atoms with Gasteiger partial charge in [0.15, 0.2) is 0 Å². The molecule has 1 aromatic carbocycles. The van der Waals surface area contributed by atoms with E-state index in [-0.39, 0.29) is 24.3 Å². The lowest BCUT2D eigenvalue weighted by atomic mass is 9.92. The number of nitrogens with two attached hydrogens (primary N) is 1. The van der Waals surface area contributed by atoms with E-state index < -0.39 is 11.9 Å². The molecule has 10 heteroatoms. The minimum Gasteiger partial charge on any atom is -0.381 e. The second kappa shape index (κ2) is 8.44. The van der Waals surface area contributed by atoms with Crippen molar-refractivity contribution in [3.63, 3.8) is 0 Å². The van der Waals surface area contributed by atoms with Gasteiger partial charge in [0.2, 0.25) is 11.8 Å². The van der Waals surface area contributed by atoms with Crippen LogP contribution in [0.4, 0.5) is 0 Å². The van der Waals surface area contributed by atoms with Crippen LogP contribution >= 0.6 is 0 Å². The van der Waals surface area contributed by atoms with Gasteiger partial charge in [-0.2, -0.15) is 0 Å². The van der Waals surface area contributed by atoms with Gasteiger partial charge in [0.1, 0.15) is 6.04 Å². The summed E-state index contributed by atoms with van der Waals surface area (Å²) in [5.41, 5.74) is 9.18. The summed E-state index contributed by atoms with van der Waals surface area (Å²) in [6, 6.07) is 4.69. The molecule has 3 amide bonds. The highest BCUT2D eigenvalue weighted by Crippen LogP contribution is 2.30. The van der Waals surface area contributed by atoms with Gasteiger partial charge >= 0.3 is 0 Å². The summed E-state index contributed by atoms with van der Waals surface area (Å²) in [5, 5.41) is 10.8. The lowest BCUT2D eigenvalue weighted by molar-refractivity contribution is -0.136. The Morgan fingerprint density at radius 2 is 2.00 bits per heavy atom. The monoisotopic (exact) mass is 438 g/mol. The van der Waals surface area contributed by atoms with Crippen LogP contribution in [0.5, 0.6) is 0 Å². The van der Waals surface area contributed by atoms with E-state index in [2.05, 4.69) is 15.6 Å². The van der Waals surface area contributed by atoms with Crippen LogP contribution in [0, 0.1) is 5.92 Å². The first-order chi connectivity index (χ1) is 15.5. The average molecular weight is 438 g/mol. The van der Waals surface area contributed by atoms with Crippen molar-refractivity contribution in [2.24, 2.45) is 11.7 Å². The van der Waals surface area contributed by atoms with Crippen molar-refractivity contribution in [1.82, 2.24) is 25.2 Å². The van der Waals surface area contributed by atoms with Gasteiger partial charge in [-0.15, -0.1) is 5.10 Å². The van der Waals surface area contributed by atoms with Crippen molar-refractivity contribution < 1.29 is 19.1 Å². The van der Waals surface area contributed by atoms with Gasteiger partial charge in [0.25, 0.3) is 5.91 Å². The van der Waals surface area contributed by atoms with Gasteiger partial charge in [-0.1, -0.05) is 11.3 Å². The summed E-state index contributed by atoms with van der Waals surface area (Å²) in [4.78, 5) is 38.2. The summed E-state index contributed by atoms with van der Waals surface area (Å²) in [6.07, 6.45) is 5.25. The van der Waals surface area contributed by atoms with Crippen molar-refractivity contribution in [2.75, 3.05) is 13.2 Å². The SMILES string of the molecule is NC(CC1CCOCC1)c1cn(-c2ccc3c(c2)C(=O)N(C2CCC(=O)NC2=O)C3)nn1. The Morgan fingerprint density at radius 1 is 1.19 bits per heavy atom. The fraction of sp³-hybridized carbons (Fsp3) is 0.500. The molecule has 3 aliphatic rings. The van der Waals surface area contributed by atoms with Crippen LogP contribution in [-0.4, -0.2) is 56.9 Å². The van der Waals surface area contributed by atoms with Crippen LogP contribution < -0.4 is 11.1 Å². The maximum absolute atomic E-state index is 13.0. The number of ether oxygens (including phenoxy) is 1. The van der Waals surface area contributed by atoms with E-state index in [4.69, 9.17) is 10.5 Å². The number of amides is 3. The normalized spacial score (nSPS) is 22.7. The van der Waals surface area contributed by atoms with E-state index in [9.17, 15) is 14.4 Å². The number of hydrogen-bond acceptors (Lipinski definition) is 7. The van der Waals surface area contributed by atoms with E-state index in [0.29, 0.717) is 35.8 Å². The molecule has 2 saturated heterocycles. The van der Waals surface area contributed by atoms with Crippen molar-refractivity contribution in [2.45, 2.75) is 50.7 Å². The van der Waals surface area contributed by atoms with Gasteiger partial charge in [-0.3, -0.25) is 19.7 Å². The molecule has 4 heterocycles. The number of nitrogens with zero attached hydrogens (tertiary/aromatic N) is 4. The number of nitrogens with one attached hydrogen (secondary N) is 1. The molecular weight excluding hydrogens is 412 g/mol. The molecule has 5 rings (SSSR count). The minimum absolute atomic E-state index is 0.203. The van der Waals surface area contributed by atoms with E-state index >= 15 is 0 Å². The van der Waals surface area contributed by atoms with E-state index in [1.54, 1.807) is 10.7 Å². The van der Waals surface area contributed by atoms with Gasteiger partial charge in [0.05, 0.1) is 23.6 Å². The third-order valence-corrected chi connectivity index (χ3v) is 6.60. The Bertz CT molecular complexity index is 1060. The molecule has 168 valence electrons. The number of carbonyl (C=O) groups is 3. The first-order valence-electron chi connectivity index (χ1n) is 11.0. The number of imide groups is 1. The fourth-order valence-corrected chi connectivity index (χ4v) is 4.72. The summed E-state index contributed by atoms with van der Waals surface area (Å²) >= 11 is 0. The first-order valence-corrected chi connectivity index (χ1v) is 11.0. The maximum atomic E-state index is 13.0. The molecular formula is C22H26N6O4. The highest BCUT2D eigenvalue weighted by atomic mass is 16.5. The average Bonchev–Trinajstić information content (AvgIpc) is 3.40. The number of fused-ring (bicyclic) bond motifs is 1. The molecule has 0 bridgehead atoms. The minimum atomic E-state index is -0.628. The quantitative estimate of drug-likeness (QED) is 0.661. The smallest absolute Gasteiger partial charge is 0.255 e. The summed E-state index contributed by atoms with van der Waals surface area (Å²) < 4.78 is 7.04. The standard InChI is InChI=1S/C22H26N6O4/c23-17(9-13-5-7-32-8-6-13)18-12-28(26-25-18)15-2-1-14-11-27(22(31)16(14)10-15)19-3-4-20(29)24-21(19)30/h1-2,10,12-13,17,19H,3-9,11,23H2,(H,24,29,30). The van der Waals surface area contributed by atoms with Gasteiger partial charge < -0.3 is 15.4 Å². The van der Waals surface area contributed by atoms with E-state index in [1.165, 1.54) is 4.90 Å². The highest BCUT2D eigenvalue weighted by Gasteiger charge is 2.39. The van der Waals surface area contributed by atoms with Crippen LogP contribution in [-0.2, 0) is 20.9 Å². The molecule has 2 atom stereocenters. The zero-order chi connectivity index (χ0) is 22.2. The van der Waals surface area contributed by atoms with Crippen molar-refractivity contribution in [3.05, 3.63) is 41.2 Å². The summed E-state index contributed by atoms with van der Waals surface area (Å²) in [6.45, 7) is 1.91. The van der Waals surface area contributed by atoms with Crippen LogP contribution in [0.2, 0.25) is 0 Å². The van der Waals surface area contributed by atoms with Crippen LogP contribution in [0.25, 0.3) is 5.69 Å². The largest absolute Gasteiger partial charge is 0.381 e. The molecule has 3 N–H and O–H groups in total. The maximum Gasteiger partial charge on any atom is 0.255 e. The zero-order valence-corrected chi connectivity index (χ0v) is 17.7. The number of aromatic nitrogens is 3. The number of hydrogen-bond donors (Lipinski definition) is 2. The molecule has 0 radical (unpaired) electrons. The molecule has 0 aliphatic carbocycles. The number of piperidine rings is 1. The molecule has 0 saturated carbocycles. The second-order valence-corrected chi connectivity index (χ2v) is 8.73. The topological polar surface area (TPSA) is 132 Å². The number of rotatable bonds is 5. The predicted octanol–water partition coefficient (Wildman–Crippen LogP) is 0.845. The molecule has 10 nitrogen and oxygen atoms in total. The number of benzene rings is 1. The predicted molar refractivity (Wildman–Crippen MR) is 112 cm³/mol. The van der Waals surface area contributed by atoms with Gasteiger partial charge in [0, 0.05) is 31.7 Å². The third kappa shape index (κ3) is 3.91.